The molecule has 0 bridgehead atoms. The Morgan fingerprint density at radius 2 is 0.941 bits per heavy atom. The van der Waals surface area contributed by atoms with Crippen molar-refractivity contribution in [2.75, 3.05) is 13.2 Å². The highest BCUT2D eigenvalue weighted by molar-refractivity contribution is 7.80. The SMILES string of the molecule is CCCCCCCCCCCCCC/C=C\CCCCCCCCCCCCCC(=O)NC(COC1OC(CO)C(O)C(OS(=O)(=O)O)C1O)C(O)/C=C/CCCCCCCCCCCCCC. The Balaban J connectivity index is 2.33. The fourth-order valence-corrected chi connectivity index (χ4v) is 9.61. The molecule has 0 aliphatic carbocycles. The summed E-state index contributed by atoms with van der Waals surface area (Å²) >= 11 is 0. The average molecular weight is 989 g/mol. The predicted molar refractivity (Wildman–Crippen MR) is 278 cm³/mol. The number of amides is 1. The molecule has 0 aromatic carbocycles. The third-order valence-electron chi connectivity index (χ3n) is 13.5. The summed E-state index contributed by atoms with van der Waals surface area (Å²) in [5.41, 5.74) is 0. The van der Waals surface area contributed by atoms with Crippen molar-refractivity contribution in [1.29, 1.82) is 0 Å². The van der Waals surface area contributed by atoms with Gasteiger partial charge in [0.2, 0.25) is 5.91 Å². The van der Waals surface area contributed by atoms with Gasteiger partial charge in [-0.3, -0.25) is 9.35 Å². The summed E-state index contributed by atoms with van der Waals surface area (Å²) in [5.74, 6) is -0.261. The molecule has 1 aliphatic rings. The minimum absolute atomic E-state index is 0.261. The van der Waals surface area contributed by atoms with Gasteiger partial charge < -0.3 is 35.2 Å². The lowest BCUT2D eigenvalue weighted by Gasteiger charge is -2.41. The molecule has 0 radical (unpaired) electrons. The smallest absolute Gasteiger partial charge is 0.394 e. The second-order valence-corrected chi connectivity index (χ2v) is 20.9. The number of aliphatic hydroxyl groups is 4. The van der Waals surface area contributed by atoms with E-state index in [1.165, 1.54) is 199 Å². The van der Waals surface area contributed by atoms with E-state index in [0.29, 0.717) is 6.42 Å². The molecule has 7 atom stereocenters. The summed E-state index contributed by atoms with van der Waals surface area (Å²) in [5, 5.41) is 44.9. The van der Waals surface area contributed by atoms with Crippen molar-refractivity contribution >= 4 is 16.3 Å². The number of ether oxygens (including phenoxy) is 2. The Kier molecular flexibility index (Phi) is 43.2. The summed E-state index contributed by atoms with van der Waals surface area (Å²) in [6.07, 6.45) is 46.6. The van der Waals surface area contributed by atoms with E-state index >= 15 is 0 Å². The van der Waals surface area contributed by atoms with Gasteiger partial charge in [-0.2, -0.15) is 8.42 Å². The number of rotatable bonds is 49. The van der Waals surface area contributed by atoms with Gasteiger partial charge in [0.15, 0.2) is 6.29 Å². The van der Waals surface area contributed by atoms with Crippen LogP contribution in [0.2, 0.25) is 0 Å². The van der Waals surface area contributed by atoms with Gasteiger partial charge in [-0.05, 0) is 44.9 Å². The molecule has 402 valence electrons. The molecule has 1 amide bonds. The highest BCUT2D eigenvalue weighted by Gasteiger charge is 2.48. The molecule has 1 heterocycles. The van der Waals surface area contributed by atoms with Gasteiger partial charge in [0.25, 0.3) is 0 Å². The fraction of sp³-hybridized carbons (Fsp3) is 0.909. The Bertz CT molecular complexity index is 1300. The largest absolute Gasteiger partial charge is 0.397 e. The van der Waals surface area contributed by atoms with Gasteiger partial charge in [-0.1, -0.05) is 237 Å². The number of allylic oxidation sites excluding steroid dienone is 3. The fourth-order valence-electron chi connectivity index (χ4n) is 9.10. The lowest BCUT2D eigenvalue weighted by atomic mass is 9.99. The third-order valence-corrected chi connectivity index (χ3v) is 13.9. The average Bonchev–Trinajstić information content (AvgIpc) is 3.31. The van der Waals surface area contributed by atoms with E-state index in [1.807, 2.05) is 6.08 Å². The zero-order chi connectivity index (χ0) is 49.8. The quantitative estimate of drug-likeness (QED) is 0.0193. The van der Waals surface area contributed by atoms with E-state index in [4.69, 9.17) is 9.47 Å². The van der Waals surface area contributed by atoms with Crippen LogP contribution in [0.15, 0.2) is 24.3 Å². The van der Waals surface area contributed by atoms with Crippen LogP contribution in [0.4, 0.5) is 0 Å². The van der Waals surface area contributed by atoms with E-state index in [9.17, 15) is 38.2 Å². The maximum absolute atomic E-state index is 13.1. The molecule has 1 aliphatic heterocycles. The van der Waals surface area contributed by atoms with Crippen LogP contribution in [0, 0.1) is 0 Å². The first-order valence-corrected chi connectivity index (χ1v) is 29.6. The summed E-state index contributed by atoms with van der Waals surface area (Å²) < 4.78 is 47.8. The molecule has 7 unspecified atom stereocenters. The van der Waals surface area contributed by atoms with Crippen molar-refractivity contribution in [3.63, 3.8) is 0 Å². The zero-order valence-electron chi connectivity index (χ0n) is 43.4. The van der Waals surface area contributed by atoms with E-state index in [1.54, 1.807) is 6.08 Å². The maximum atomic E-state index is 13.1. The van der Waals surface area contributed by atoms with Crippen LogP contribution in [0.25, 0.3) is 0 Å². The first-order valence-electron chi connectivity index (χ1n) is 28.2. The highest BCUT2D eigenvalue weighted by Crippen LogP contribution is 2.26. The number of carbonyl (C=O) groups is 1. The topological polar surface area (TPSA) is 192 Å². The molecule has 1 saturated heterocycles. The number of nitrogens with one attached hydrogen (secondary N) is 1. The molecule has 1 rings (SSSR count). The number of aliphatic hydroxyl groups excluding tert-OH is 4. The molecule has 0 aromatic rings. The van der Waals surface area contributed by atoms with E-state index in [0.717, 1.165) is 38.5 Å². The second-order valence-electron chi connectivity index (χ2n) is 19.9. The van der Waals surface area contributed by atoms with Crippen LogP contribution in [-0.4, -0.2) is 95.4 Å². The summed E-state index contributed by atoms with van der Waals surface area (Å²) in [6.45, 7) is 3.41. The van der Waals surface area contributed by atoms with Gasteiger partial charge in [-0.15, -0.1) is 0 Å². The van der Waals surface area contributed by atoms with Gasteiger partial charge in [0.1, 0.15) is 24.4 Å². The summed E-state index contributed by atoms with van der Waals surface area (Å²) in [7, 11) is -5.09. The van der Waals surface area contributed by atoms with Crippen molar-refractivity contribution in [1.82, 2.24) is 5.32 Å². The van der Waals surface area contributed by atoms with Crippen molar-refractivity contribution in [2.45, 2.75) is 307 Å². The summed E-state index contributed by atoms with van der Waals surface area (Å²) in [6, 6.07) is -0.942. The minimum atomic E-state index is -5.09. The first kappa shape index (κ1) is 64.6. The van der Waals surface area contributed by atoms with Crippen molar-refractivity contribution in [2.24, 2.45) is 0 Å². The number of hydrogen-bond donors (Lipinski definition) is 6. The van der Waals surface area contributed by atoms with Crippen LogP contribution < -0.4 is 5.32 Å². The predicted octanol–water partition coefficient (Wildman–Crippen LogP) is 12.8. The standard InChI is InChI=1S/C55H105NO11S/c1-3-5-7-9-11-13-15-17-19-20-21-22-23-24-25-26-27-28-29-30-31-33-35-37-39-41-43-45-51(59)56-48(47-65-55-53(61)54(67-68(62,63)64)52(60)50(46-57)66-55)49(58)44-42-40-38-36-34-32-18-16-14-12-10-8-6-4-2/h24-25,42,44,48-50,52-55,57-58,60-61H,3-23,26-41,43,45-47H2,1-2H3,(H,56,59)(H,62,63,64)/b25-24-,44-42+. The van der Waals surface area contributed by atoms with Gasteiger partial charge in [0, 0.05) is 6.42 Å². The number of hydrogen-bond acceptors (Lipinski definition) is 10. The Hall–Kier alpha value is -1.42. The Labute approximate surface area is 416 Å². The second kappa shape index (κ2) is 45.4. The van der Waals surface area contributed by atoms with Crippen LogP contribution in [0.1, 0.15) is 264 Å². The van der Waals surface area contributed by atoms with Gasteiger partial charge >= 0.3 is 10.4 Å². The molecule has 68 heavy (non-hydrogen) atoms. The monoisotopic (exact) mass is 988 g/mol. The van der Waals surface area contributed by atoms with Crippen molar-refractivity contribution < 1.29 is 51.8 Å². The maximum Gasteiger partial charge on any atom is 0.397 e. The molecule has 13 heteroatoms. The lowest BCUT2D eigenvalue weighted by Crippen LogP contribution is -2.61. The van der Waals surface area contributed by atoms with Crippen molar-refractivity contribution in [3.8, 4) is 0 Å². The first-order chi connectivity index (χ1) is 33.0. The molecular formula is C55H105NO11S. The molecule has 0 spiro atoms. The van der Waals surface area contributed by atoms with Crippen LogP contribution in [0.3, 0.4) is 0 Å². The molecule has 0 aromatic heterocycles. The number of unbranched alkanes of at least 4 members (excludes halogenated alkanes) is 35. The molecular weight excluding hydrogens is 883 g/mol. The Morgan fingerprint density at radius 1 is 0.574 bits per heavy atom. The van der Waals surface area contributed by atoms with Gasteiger partial charge in [0.05, 0.1) is 25.4 Å². The van der Waals surface area contributed by atoms with E-state index < -0.39 is 59.9 Å². The van der Waals surface area contributed by atoms with Crippen LogP contribution in [-0.2, 0) is 28.9 Å². The highest BCUT2D eigenvalue weighted by atomic mass is 32.3. The van der Waals surface area contributed by atoms with E-state index in [-0.39, 0.29) is 18.9 Å². The lowest BCUT2D eigenvalue weighted by molar-refractivity contribution is -0.298. The molecule has 0 saturated carbocycles. The normalized spacial score (nSPS) is 19.9. The number of carbonyl (C=O) groups excluding carboxylic acids is 1. The zero-order valence-corrected chi connectivity index (χ0v) is 44.3. The van der Waals surface area contributed by atoms with Crippen LogP contribution in [0.5, 0.6) is 0 Å². The van der Waals surface area contributed by atoms with Crippen LogP contribution >= 0.6 is 0 Å². The van der Waals surface area contributed by atoms with Crippen molar-refractivity contribution in [3.05, 3.63) is 24.3 Å². The van der Waals surface area contributed by atoms with E-state index in [2.05, 4.69) is 35.5 Å². The third kappa shape index (κ3) is 37.4. The summed E-state index contributed by atoms with van der Waals surface area (Å²) in [4.78, 5) is 13.1. The molecule has 6 N–H and O–H groups in total. The minimum Gasteiger partial charge on any atom is -0.394 e. The Morgan fingerprint density at radius 3 is 1.32 bits per heavy atom. The molecule has 12 nitrogen and oxygen atoms in total. The molecule has 1 fully saturated rings. The van der Waals surface area contributed by atoms with Gasteiger partial charge in [-0.25, -0.2) is 4.18 Å².